The van der Waals surface area contributed by atoms with Crippen LogP contribution in [0.5, 0.6) is 11.7 Å². The summed E-state index contributed by atoms with van der Waals surface area (Å²) >= 11 is 0. The maximum Gasteiger partial charge on any atom is 0.290 e. The fourth-order valence-corrected chi connectivity index (χ4v) is 1.65. The molecule has 1 N–H and O–H groups in total. The van der Waals surface area contributed by atoms with Crippen LogP contribution in [0.2, 0.25) is 0 Å². The molecule has 2 aromatic rings. The summed E-state index contributed by atoms with van der Waals surface area (Å²) in [5.41, 5.74) is 0. The van der Waals surface area contributed by atoms with E-state index in [-0.39, 0.29) is 17.6 Å². The second kappa shape index (κ2) is 7.44. The highest BCUT2D eigenvalue weighted by Gasteiger charge is 2.11. The Bertz CT molecular complexity index is 597. The largest absolute Gasteiger partial charge is 0.426 e. The first-order valence-electron chi connectivity index (χ1n) is 6.49. The SMILES string of the molecule is COCCCNC(=O)c1ccc(Oc2cccc(F)c2)o1. The van der Waals surface area contributed by atoms with Gasteiger partial charge in [0, 0.05) is 32.4 Å². The Hall–Kier alpha value is -2.34. The van der Waals surface area contributed by atoms with E-state index in [4.69, 9.17) is 13.9 Å². The molecular weight excluding hydrogens is 277 g/mol. The van der Waals surface area contributed by atoms with Gasteiger partial charge >= 0.3 is 0 Å². The number of carbonyl (C=O) groups excluding carboxylic acids is 1. The average molecular weight is 293 g/mol. The summed E-state index contributed by atoms with van der Waals surface area (Å²) < 4.78 is 28.5. The van der Waals surface area contributed by atoms with Gasteiger partial charge in [-0.05, 0) is 24.6 Å². The molecule has 5 nitrogen and oxygen atoms in total. The molecule has 1 aromatic heterocycles. The number of benzene rings is 1. The summed E-state index contributed by atoms with van der Waals surface area (Å²) in [5.74, 6) is -0.173. The Morgan fingerprint density at radius 1 is 1.33 bits per heavy atom. The van der Waals surface area contributed by atoms with Crippen LogP contribution in [0.3, 0.4) is 0 Å². The third kappa shape index (κ3) is 4.61. The van der Waals surface area contributed by atoms with Gasteiger partial charge in [0.05, 0.1) is 0 Å². The zero-order chi connectivity index (χ0) is 15.1. The number of methoxy groups -OCH3 is 1. The highest BCUT2D eigenvalue weighted by molar-refractivity contribution is 5.91. The van der Waals surface area contributed by atoms with Gasteiger partial charge in [-0.15, -0.1) is 0 Å². The maximum absolute atomic E-state index is 13.0. The van der Waals surface area contributed by atoms with Gasteiger partial charge in [-0.2, -0.15) is 0 Å². The number of hydrogen-bond acceptors (Lipinski definition) is 4. The summed E-state index contributed by atoms with van der Waals surface area (Å²) in [4.78, 5) is 11.8. The van der Waals surface area contributed by atoms with Crippen molar-refractivity contribution in [3.63, 3.8) is 0 Å². The molecule has 0 bridgehead atoms. The topological polar surface area (TPSA) is 60.7 Å². The number of furan rings is 1. The van der Waals surface area contributed by atoms with E-state index in [2.05, 4.69) is 5.32 Å². The fraction of sp³-hybridized carbons (Fsp3) is 0.267. The predicted octanol–water partition coefficient (Wildman–Crippen LogP) is 2.98. The molecule has 1 aromatic carbocycles. The van der Waals surface area contributed by atoms with Gasteiger partial charge in [0.2, 0.25) is 0 Å². The van der Waals surface area contributed by atoms with E-state index in [0.717, 1.165) is 6.42 Å². The standard InChI is InChI=1S/C15H16FNO4/c1-19-9-3-8-17-15(18)13-6-7-14(21-13)20-12-5-2-4-11(16)10-12/h2,4-7,10H,3,8-9H2,1H3,(H,17,18). The van der Waals surface area contributed by atoms with E-state index in [0.29, 0.717) is 18.9 Å². The lowest BCUT2D eigenvalue weighted by Gasteiger charge is -2.03. The van der Waals surface area contributed by atoms with Gasteiger partial charge in [-0.1, -0.05) is 6.07 Å². The van der Waals surface area contributed by atoms with Gasteiger partial charge in [0.15, 0.2) is 5.76 Å². The zero-order valence-electron chi connectivity index (χ0n) is 11.6. The van der Waals surface area contributed by atoms with Crippen LogP contribution in [0.15, 0.2) is 40.8 Å². The van der Waals surface area contributed by atoms with E-state index >= 15 is 0 Å². The van der Waals surface area contributed by atoms with Crippen LogP contribution in [0.25, 0.3) is 0 Å². The van der Waals surface area contributed by atoms with Crippen LogP contribution in [-0.4, -0.2) is 26.2 Å². The van der Waals surface area contributed by atoms with Gasteiger partial charge in [-0.3, -0.25) is 4.79 Å². The molecule has 1 heterocycles. The van der Waals surface area contributed by atoms with E-state index < -0.39 is 5.82 Å². The summed E-state index contributed by atoms with van der Waals surface area (Å²) in [6.07, 6.45) is 0.718. The minimum atomic E-state index is -0.407. The summed E-state index contributed by atoms with van der Waals surface area (Å²) in [6, 6.07) is 8.67. The van der Waals surface area contributed by atoms with Gasteiger partial charge < -0.3 is 19.2 Å². The third-order valence-corrected chi connectivity index (χ3v) is 2.63. The van der Waals surface area contributed by atoms with Crippen molar-refractivity contribution in [2.45, 2.75) is 6.42 Å². The molecule has 0 atom stereocenters. The van der Waals surface area contributed by atoms with Gasteiger partial charge in [0.1, 0.15) is 11.6 Å². The molecule has 0 fully saturated rings. The number of ether oxygens (including phenoxy) is 2. The van der Waals surface area contributed by atoms with Crippen molar-refractivity contribution >= 4 is 5.91 Å². The number of rotatable bonds is 7. The highest BCUT2D eigenvalue weighted by Crippen LogP contribution is 2.24. The van der Waals surface area contributed by atoms with Crippen molar-refractivity contribution in [2.24, 2.45) is 0 Å². The maximum atomic E-state index is 13.0. The van der Waals surface area contributed by atoms with Crippen molar-refractivity contribution < 1.29 is 23.1 Å². The van der Waals surface area contributed by atoms with Crippen LogP contribution in [0, 0.1) is 5.82 Å². The van der Waals surface area contributed by atoms with E-state index in [1.54, 1.807) is 13.2 Å². The first kappa shape index (κ1) is 15.1. The van der Waals surface area contributed by atoms with Crippen LogP contribution in [-0.2, 0) is 4.74 Å². The quantitative estimate of drug-likeness (QED) is 0.797. The van der Waals surface area contributed by atoms with Crippen molar-refractivity contribution in [1.29, 1.82) is 0 Å². The lowest BCUT2D eigenvalue weighted by atomic mass is 10.3. The molecule has 0 unspecified atom stereocenters. The number of nitrogens with one attached hydrogen (secondary N) is 1. The van der Waals surface area contributed by atoms with Crippen LogP contribution in [0.1, 0.15) is 17.0 Å². The summed E-state index contributed by atoms with van der Waals surface area (Å²) in [7, 11) is 1.60. The third-order valence-electron chi connectivity index (χ3n) is 2.63. The monoisotopic (exact) mass is 293 g/mol. The molecule has 0 saturated carbocycles. The first-order valence-corrected chi connectivity index (χ1v) is 6.49. The molecule has 0 aliphatic carbocycles. The van der Waals surface area contributed by atoms with Gasteiger partial charge in [0.25, 0.3) is 11.9 Å². The summed E-state index contributed by atoms with van der Waals surface area (Å²) in [6.45, 7) is 1.07. The van der Waals surface area contributed by atoms with Gasteiger partial charge in [-0.25, -0.2) is 4.39 Å². The molecule has 21 heavy (non-hydrogen) atoms. The van der Waals surface area contributed by atoms with E-state index in [9.17, 15) is 9.18 Å². The lowest BCUT2D eigenvalue weighted by molar-refractivity contribution is 0.0916. The Kier molecular flexibility index (Phi) is 5.34. The highest BCUT2D eigenvalue weighted by atomic mass is 19.1. The van der Waals surface area contributed by atoms with E-state index in [1.807, 2.05) is 0 Å². The van der Waals surface area contributed by atoms with Crippen molar-refractivity contribution in [2.75, 3.05) is 20.3 Å². The van der Waals surface area contributed by atoms with Crippen LogP contribution < -0.4 is 10.1 Å². The number of hydrogen-bond donors (Lipinski definition) is 1. The molecule has 0 saturated heterocycles. The Labute approximate surface area is 121 Å². The minimum absolute atomic E-state index is 0.127. The summed E-state index contributed by atoms with van der Waals surface area (Å²) in [5, 5.41) is 2.69. The van der Waals surface area contributed by atoms with E-state index in [1.165, 1.54) is 30.3 Å². The zero-order valence-corrected chi connectivity index (χ0v) is 11.6. The molecule has 112 valence electrons. The average Bonchev–Trinajstić information content (AvgIpc) is 2.92. The number of carbonyl (C=O) groups is 1. The normalized spacial score (nSPS) is 10.4. The van der Waals surface area contributed by atoms with Crippen molar-refractivity contribution in [3.8, 4) is 11.7 Å². The molecule has 6 heteroatoms. The second-order valence-electron chi connectivity index (χ2n) is 4.28. The smallest absolute Gasteiger partial charge is 0.290 e. The molecule has 0 aliphatic rings. The molecule has 0 aliphatic heterocycles. The molecule has 2 rings (SSSR count). The number of amides is 1. The first-order chi connectivity index (χ1) is 10.2. The van der Waals surface area contributed by atoms with Crippen molar-refractivity contribution in [1.82, 2.24) is 5.32 Å². The molecule has 1 amide bonds. The Balaban J connectivity index is 1.90. The lowest BCUT2D eigenvalue weighted by Crippen LogP contribution is -2.24. The second-order valence-corrected chi connectivity index (χ2v) is 4.28. The molecule has 0 radical (unpaired) electrons. The van der Waals surface area contributed by atoms with Crippen LogP contribution in [0.4, 0.5) is 4.39 Å². The molecular formula is C15H16FNO4. The van der Waals surface area contributed by atoms with Crippen LogP contribution >= 0.6 is 0 Å². The number of halogens is 1. The Morgan fingerprint density at radius 3 is 2.95 bits per heavy atom. The fourth-order valence-electron chi connectivity index (χ4n) is 1.65. The Morgan fingerprint density at radius 2 is 2.19 bits per heavy atom. The predicted molar refractivity (Wildman–Crippen MR) is 74.0 cm³/mol. The molecule has 0 spiro atoms. The van der Waals surface area contributed by atoms with Crippen molar-refractivity contribution in [3.05, 3.63) is 48.0 Å². The minimum Gasteiger partial charge on any atom is -0.426 e.